The highest BCUT2D eigenvalue weighted by Gasteiger charge is 1.98. The molecule has 0 heterocycles. The van der Waals surface area contributed by atoms with Crippen LogP contribution in [0.3, 0.4) is 0 Å². The molecule has 0 saturated heterocycles. The molecule has 2 heteroatoms. The van der Waals surface area contributed by atoms with Crippen LogP contribution < -0.4 is 0 Å². The van der Waals surface area contributed by atoms with Gasteiger partial charge in [-0.3, -0.25) is 4.79 Å². The number of carboxylic acids is 1. The summed E-state index contributed by atoms with van der Waals surface area (Å²) in [6.07, 6.45) is 6.70. The Morgan fingerprint density at radius 2 is 2.00 bits per heavy atom. The van der Waals surface area contributed by atoms with Crippen molar-refractivity contribution in [2.45, 2.75) is 33.6 Å². The van der Waals surface area contributed by atoms with E-state index >= 15 is 0 Å². The second kappa shape index (κ2) is 7.04. The van der Waals surface area contributed by atoms with Crippen molar-refractivity contribution in [1.29, 1.82) is 0 Å². The highest BCUT2D eigenvalue weighted by Crippen LogP contribution is 2.12. The Morgan fingerprint density at radius 1 is 1.40 bits per heavy atom. The topological polar surface area (TPSA) is 37.3 Å². The van der Waals surface area contributed by atoms with Gasteiger partial charge in [0, 0.05) is 0 Å². The molecule has 0 radical (unpaired) electrons. The maximum absolute atomic E-state index is 10.4. The SMILES string of the molecule is C=C/C(=C\C=C(/C)CC(=O)O)CC(C)C. The molecule has 0 aromatic rings. The third-order valence-corrected chi connectivity index (χ3v) is 1.92. The van der Waals surface area contributed by atoms with E-state index in [0.717, 1.165) is 17.6 Å². The van der Waals surface area contributed by atoms with Gasteiger partial charge >= 0.3 is 5.97 Å². The maximum Gasteiger partial charge on any atom is 0.307 e. The number of carbonyl (C=O) groups is 1. The van der Waals surface area contributed by atoms with Crippen LogP contribution in [0.2, 0.25) is 0 Å². The molecule has 0 aromatic carbocycles. The van der Waals surface area contributed by atoms with Crippen LogP contribution >= 0.6 is 0 Å². The van der Waals surface area contributed by atoms with Gasteiger partial charge in [-0.25, -0.2) is 0 Å². The largest absolute Gasteiger partial charge is 0.481 e. The van der Waals surface area contributed by atoms with E-state index in [1.807, 2.05) is 25.2 Å². The zero-order valence-corrected chi connectivity index (χ0v) is 9.79. The number of aliphatic carboxylic acids is 1. The molecule has 84 valence electrons. The first-order valence-corrected chi connectivity index (χ1v) is 5.16. The third-order valence-electron chi connectivity index (χ3n) is 1.92. The Morgan fingerprint density at radius 3 is 2.40 bits per heavy atom. The Bertz CT molecular complexity index is 283. The zero-order valence-electron chi connectivity index (χ0n) is 9.79. The Balaban J connectivity index is 4.43. The molecule has 2 nitrogen and oxygen atoms in total. The van der Waals surface area contributed by atoms with Crippen molar-refractivity contribution in [3.8, 4) is 0 Å². The van der Waals surface area contributed by atoms with Crippen molar-refractivity contribution < 1.29 is 9.90 Å². The minimum absolute atomic E-state index is 0.0998. The maximum atomic E-state index is 10.4. The van der Waals surface area contributed by atoms with Crippen LogP contribution in [0.25, 0.3) is 0 Å². The third kappa shape index (κ3) is 7.74. The molecule has 0 aliphatic rings. The molecule has 15 heavy (non-hydrogen) atoms. The average molecular weight is 208 g/mol. The first kappa shape index (κ1) is 13.7. The normalized spacial score (nSPS) is 13.1. The van der Waals surface area contributed by atoms with Crippen molar-refractivity contribution >= 4 is 5.97 Å². The Hall–Kier alpha value is -1.31. The molecule has 0 bridgehead atoms. The van der Waals surface area contributed by atoms with E-state index < -0.39 is 5.97 Å². The first-order chi connectivity index (χ1) is 6.95. The van der Waals surface area contributed by atoms with Gasteiger partial charge in [-0.05, 0) is 24.8 Å². The highest BCUT2D eigenvalue weighted by molar-refractivity contribution is 5.69. The van der Waals surface area contributed by atoms with Crippen molar-refractivity contribution in [3.63, 3.8) is 0 Å². The molecule has 0 aliphatic heterocycles. The highest BCUT2D eigenvalue weighted by atomic mass is 16.4. The number of hydrogen-bond donors (Lipinski definition) is 1. The average Bonchev–Trinajstić information content (AvgIpc) is 2.10. The zero-order chi connectivity index (χ0) is 11.8. The van der Waals surface area contributed by atoms with Crippen molar-refractivity contribution in [1.82, 2.24) is 0 Å². The Kier molecular flexibility index (Phi) is 6.43. The van der Waals surface area contributed by atoms with Gasteiger partial charge in [0.25, 0.3) is 0 Å². The van der Waals surface area contributed by atoms with Crippen LogP contribution in [0.1, 0.15) is 33.6 Å². The smallest absolute Gasteiger partial charge is 0.307 e. The molecule has 0 amide bonds. The van der Waals surface area contributed by atoms with Crippen molar-refractivity contribution in [3.05, 3.63) is 36.0 Å². The summed E-state index contributed by atoms with van der Waals surface area (Å²) >= 11 is 0. The van der Waals surface area contributed by atoms with E-state index in [1.54, 1.807) is 0 Å². The quantitative estimate of drug-likeness (QED) is 0.677. The molecule has 0 spiro atoms. The summed E-state index contributed by atoms with van der Waals surface area (Å²) in [6, 6.07) is 0. The van der Waals surface area contributed by atoms with Gasteiger partial charge in [-0.15, -0.1) is 0 Å². The van der Waals surface area contributed by atoms with Gasteiger partial charge in [0.05, 0.1) is 6.42 Å². The minimum atomic E-state index is -0.791. The van der Waals surface area contributed by atoms with E-state index in [1.165, 1.54) is 0 Å². The standard InChI is InChI=1S/C13H20O2/c1-5-12(8-10(2)3)7-6-11(4)9-13(14)15/h5-7,10H,1,8-9H2,2-4H3,(H,14,15)/b11-6+,12-7+. The molecule has 0 rings (SSSR count). The monoisotopic (exact) mass is 208 g/mol. The van der Waals surface area contributed by atoms with Crippen LogP contribution in [-0.4, -0.2) is 11.1 Å². The molecule has 0 atom stereocenters. The van der Waals surface area contributed by atoms with Gasteiger partial charge in [0.15, 0.2) is 0 Å². The summed E-state index contributed by atoms with van der Waals surface area (Å²) < 4.78 is 0. The predicted octanol–water partition coefficient (Wildman–Crippen LogP) is 3.57. The van der Waals surface area contributed by atoms with Gasteiger partial charge in [0.1, 0.15) is 0 Å². The lowest BCUT2D eigenvalue weighted by molar-refractivity contribution is -0.136. The number of carboxylic acid groups (broad SMARTS) is 1. The van der Waals surface area contributed by atoms with Gasteiger partial charge in [-0.1, -0.05) is 44.2 Å². The molecule has 0 aliphatic carbocycles. The van der Waals surface area contributed by atoms with E-state index in [9.17, 15) is 4.79 Å². The molecule has 0 saturated carbocycles. The van der Waals surface area contributed by atoms with Crippen LogP contribution in [0.15, 0.2) is 36.0 Å². The van der Waals surface area contributed by atoms with E-state index in [0.29, 0.717) is 5.92 Å². The fraction of sp³-hybridized carbons (Fsp3) is 0.462. The second-order valence-corrected chi connectivity index (χ2v) is 4.13. The van der Waals surface area contributed by atoms with Gasteiger partial charge < -0.3 is 5.11 Å². The second-order valence-electron chi connectivity index (χ2n) is 4.13. The van der Waals surface area contributed by atoms with E-state index in [2.05, 4.69) is 20.4 Å². The first-order valence-electron chi connectivity index (χ1n) is 5.16. The summed E-state index contributed by atoms with van der Waals surface area (Å²) in [7, 11) is 0. The summed E-state index contributed by atoms with van der Waals surface area (Å²) in [5, 5.41) is 8.57. The van der Waals surface area contributed by atoms with Crippen molar-refractivity contribution in [2.24, 2.45) is 5.92 Å². The lowest BCUT2D eigenvalue weighted by Crippen LogP contribution is -1.94. The van der Waals surface area contributed by atoms with Crippen LogP contribution in [0, 0.1) is 5.92 Å². The predicted molar refractivity (Wildman–Crippen MR) is 63.7 cm³/mol. The molecule has 0 unspecified atom stereocenters. The van der Waals surface area contributed by atoms with Crippen LogP contribution in [-0.2, 0) is 4.79 Å². The summed E-state index contributed by atoms with van der Waals surface area (Å²) in [4.78, 5) is 10.4. The molecule has 1 N–H and O–H groups in total. The number of rotatable bonds is 6. The van der Waals surface area contributed by atoms with Crippen molar-refractivity contribution in [2.75, 3.05) is 0 Å². The summed E-state index contributed by atoms with van der Waals surface area (Å²) in [5.41, 5.74) is 2.00. The molecule has 0 fully saturated rings. The summed E-state index contributed by atoms with van der Waals surface area (Å²) in [6.45, 7) is 9.85. The van der Waals surface area contributed by atoms with Crippen LogP contribution in [0.5, 0.6) is 0 Å². The number of hydrogen-bond acceptors (Lipinski definition) is 1. The fourth-order valence-corrected chi connectivity index (χ4v) is 1.24. The number of allylic oxidation sites excluding steroid dienone is 4. The molecule has 0 aromatic heterocycles. The van der Waals surface area contributed by atoms with Crippen LogP contribution in [0.4, 0.5) is 0 Å². The lowest BCUT2D eigenvalue weighted by Gasteiger charge is -2.04. The molecular formula is C13H20O2. The lowest BCUT2D eigenvalue weighted by atomic mass is 10.0. The fourth-order valence-electron chi connectivity index (χ4n) is 1.24. The summed E-state index contributed by atoms with van der Waals surface area (Å²) in [5.74, 6) is -0.205. The van der Waals surface area contributed by atoms with Gasteiger partial charge in [-0.2, -0.15) is 0 Å². The van der Waals surface area contributed by atoms with Gasteiger partial charge in [0.2, 0.25) is 0 Å². The van der Waals surface area contributed by atoms with E-state index in [4.69, 9.17) is 5.11 Å². The minimum Gasteiger partial charge on any atom is -0.481 e. The molecular weight excluding hydrogens is 188 g/mol. The Labute approximate surface area is 92.0 Å². The van der Waals surface area contributed by atoms with E-state index in [-0.39, 0.29) is 6.42 Å².